The van der Waals surface area contributed by atoms with Crippen molar-refractivity contribution in [3.8, 4) is 0 Å². The third kappa shape index (κ3) is 12.0. The van der Waals surface area contributed by atoms with Crippen molar-refractivity contribution in [2.75, 3.05) is 0 Å². The molecule has 0 amide bonds. The molecular weight excluding hydrogens is 327 g/mol. The Balaban J connectivity index is 0. The molecular formula is C5H11Rf-. The summed E-state index contributed by atoms with van der Waals surface area (Å²) in [7, 11) is 0. The van der Waals surface area contributed by atoms with Gasteiger partial charge in [0.25, 0.3) is 0 Å². The summed E-state index contributed by atoms with van der Waals surface area (Å²) in [6.07, 6.45) is 4.69. The second kappa shape index (κ2) is 9.00. The minimum Gasteiger partial charge on any atom is -0.329 e. The van der Waals surface area contributed by atoms with Gasteiger partial charge in [0.2, 0.25) is 0 Å². The topological polar surface area (TPSA) is 0 Å². The number of hydrogen-bond acceptors (Lipinski definition) is 0. The molecule has 6 heavy (non-hydrogen) atoms. The average Bonchev–Trinajstić information content (AvgIpc) is 1.41. The van der Waals surface area contributed by atoms with Gasteiger partial charge in [-0.3, -0.25) is 0 Å². The number of rotatable bonds is 2. The van der Waals surface area contributed by atoms with Gasteiger partial charge in [0.15, 0.2) is 0 Å². The van der Waals surface area contributed by atoms with Gasteiger partial charge in [0.1, 0.15) is 0 Å². The van der Waals surface area contributed by atoms with Crippen LogP contribution in [0.15, 0.2) is 0 Å². The van der Waals surface area contributed by atoms with Crippen molar-refractivity contribution < 1.29 is 0 Å². The molecule has 0 spiro atoms. The van der Waals surface area contributed by atoms with E-state index in [9.17, 15) is 0 Å². The zero-order chi connectivity index (χ0) is 4.12. The molecule has 0 rings (SSSR count). The zero-order valence-electron chi connectivity index (χ0n) is 4.70. The molecule has 0 unspecified atom stereocenters. The summed E-state index contributed by atoms with van der Waals surface area (Å²) in [5.41, 5.74) is 0. The van der Waals surface area contributed by atoms with E-state index in [2.05, 4.69) is 20.3 Å². The molecule has 0 nitrogen and oxygen atoms in total. The van der Waals surface area contributed by atoms with Crippen LogP contribution >= 0.6 is 0 Å². The number of hydrogen-bond donors (Lipinski definition) is 0. The van der Waals surface area contributed by atoms with E-state index in [-0.39, 0.29) is 0 Å². The van der Waals surface area contributed by atoms with Crippen molar-refractivity contribution in [3.05, 3.63) is 6.42 Å². The molecule has 0 aliphatic heterocycles. The van der Waals surface area contributed by atoms with E-state index in [0.29, 0.717) is 0 Å². The second-order valence-electron chi connectivity index (χ2n) is 1.11. The van der Waals surface area contributed by atoms with Crippen LogP contribution in [0.25, 0.3) is 0 Å². The van der Waals surface area contributed by atoms with Gasteiger partial charge in [-0.1, -0.05) is 13.8 Å². The van der Waals surface area contributed by atoms with Gasteiger partial charge in [-0.15, -0.1) is 0 Å². The van der Waals surface area contributed by atoms with E-state index < -0.39 is 0 Å². The minimum atomic E-state index is 0. The van der Waals surface area contributed by atoms with E-state index in [4.69, 9.17) is 0 Å². The van der Waals surface area contributed by atoms with Crippen molar-refractivity contribution in [2.45, 2.75) is 26.7 Å². The van der Waals surface area contributed by atoms with Crippen LogP contribution in [0.5, 0.6) is 0 Å². The molecule has 0 atom stereocenters. The van der Waals surface area contributed by atoms with Crippen molar-refractivity contribution >= 4 is 0 Å². The molecule has 0 aromatic carbocycles. The predicted molar refractivity (Wildman–Crippen MR) is 24.9 cm³/mol. The first-order valence-corrected chi connectivity index (χ1v) is 2.23. The standard InChI is InChI=1S/C5H11.Rf/c1-3-5-4-2;/h5H,3-4H2,1-2H3;/q-1;. The fraction of sp³-hybridized carbons (Fsp3) is 0.800. The van der Waals surface area contributed by atoms with Gasteiger partial charge in [-0.05, 0) is 0 Å². The normalized spacial score (nSPS) is 7.00. The molecule has 0 saturated heterocycles. The molecule has 1 heteroatoms. The molecule has 0 aromatic heterocycles. The average molecular weight is 338 g/mol. The summed E-state index contributed by atoms with van der Waals surface area (Å²) < 4.78 is 0. The van der Waals surface area contributed by atoms with Gasteiger partial charge in [-0.2, -0.15) is 12.8 Å². The summed E-state index contributed by atoms with van der Waals surface area (Å²) in [5, 5.41) is 0. The molecule has 34 valence electrons. The van der Waals surface area contributed by atoms with Gasteiger partial charge < -0.3 is 6.42 Å². The summed E-state index contributed by atoms with van der Waals surface area (Å²) in [6.45, 7) is 4.31. The Morgan fingerprint density at radius 3 is 1.50 bits per heavy atom. The SMILES string of the molecule is CC[CH-]CC.[Rf]. The van der Waals surface area contributed by atoms with Crippen LogP contribution in [0.4, 0.5) is 0 Å². The first kappa shape index (κ1) is 8.89. The quantitative estimate of drug-likeness (QED) is 0.676. The van der Waals surface area contributed by atoms with Crippen LogP contribution in [0, 0.1) is 6.42 Å². The van der Waals surface area contributed by atoms with Gasteiger partial charge in [0, 0.05) is 0 Å². The zero-order valence-corrected chi connectivity index (χ0v) is 11.1. The molecule has 0 bridgehead atoms. The molecule has 0 saturated carbocycles. The summed E-state index contributed by atoms with van der Waals surface area (Å²) in [4.78, 5) is 0. The largest absolute Gasteiger partial charge is 0.329 e. The van der Waals surface area contributed by atoms with Crippen LogP contribution in [-0.4, -0.2) is 0 Å². The van der Waals surface area contributed by atoms with Crippen LogP contribution < -0.4 is 0 Å². The third-order valence-electron chi connectivity index (χ3n) is 0.577. The van der Waals surface area contributed by atoms with Crippen LogP contribution in [0.3, 0.4) is 0 Å². The van der Waals surface area contributed by atoms with E-state index in [1.165, 1.54) is 12.8 Å². The van der Waals surface area contributed by atoms with Crippen LogP contribution in [0.1, 0.15) is 26.7 Å². The summed E-state index contributed by atoms with van der Waals surface area (Å²) in [6, 6.07) is 0. The summed E-state index contributed by atoms with van der Waals surface area (Å²) in [5.74, 6) is 0. The molecule has 0 N–H and O–H groups in total. The van der Waals surface area contributed by atoms with Crippen LogP contribution in [0.2, 0.25) is 0 Å². The molecule has 0 fully saturated rings. The first-order valence-electron chi connectivity index (χ1n) is 2.23. The Kier molecular flexibility index (Phi) is 13.3. The molecule has 0 aliphatic rings. The van der Waals surface area contributed by atoms with Crippen LogP contribution in [-0.2, 0) is 0 Å². The maximum atomic E-state index is 2.25. The van der Waals surface area contributed by atoms with E-state index in [1.54, 1.807) is 0 Å². The smallest absolute Gasteiger partial charge is 0 e. The number of unbranched alkanes of at least 4 members (excludes halogenated alkanes) is 2. The second-order valence-corrected chi connectivity index (χ2v) is 1.11. The fourth-order valence-electron chi connectivity index (χ4n) is 0.289. The van der Waals surface area contributed by atoms with Crippen molar-refractivity contribution in [2.24, 2.45) is 0 Å². The maximum Gasteiger partial charge on any atom is 0 e. The molecule has 0 aliphatic carbocycles. The van der Waals surface area contributed by atoms with Crippen molar-refractivity contribution in [1.29, 1.82) is 0 Å². The maximum absolute atomic E-state index is 2.25. The molecule has 0 aromatic rings. The minimum absolute atomic E-state index is 0. The van der Waals surface area contributed by atoms with E-state index >= 15 is 0 Å². The van der Waals surface area contributed by atoms with Gasteiger partial charge in [0.05, 0.1) is 0 Å². The molecule has 0 heterocycles. The Hall–Kier alpha value is -1.00. The monoisotopic (exact) mass is 338 g/mol. The van der Waals surface area contributed by atoms with Gasteiger partial charge in [-0.25, -0.2) is 0 Å². The fourth-order valence-corrected chi connectivity index (χ4v) is 0.289. The Morgan fingerprint density at radius 1 is 1.17 bits per heavy atom. The Labute approximate surface area is 34.2 Å². The Bertz CT molecular complexity index is 11.4. The van der Waals surface area contributed by atoms with E-state index in [0.717, 1.165) is 0 Å². The van der Waals surface area contributed by atoms with Crippen molar-refractivity contribution in [3.63, 3.8) is 0 Å². The summed E-state index contributed by atoms with van der Waals surface area (Å²) >= 11 is 0. The predicted octanol–water partition coefficient (Wildman–Crippen LogP) is 2.01. The Morgan fingerprint density at radius 2 is 1.50 bits per heavy atom. The van der Waals surface area contributed by atoms with Gasteiger partial charge >= 0.3 is 0 Å². The molecule has 0 radical (unpaired) electrons. The third-order valence-corrected chi connectivity index (χ3v) is 0.577. The van der Waals surface area contributed by atoms with E-state index in [1.807, 2.05) is 0 Å². The first-order chi connectivity index (χ1) is 2.41. The van der Waals surface area contributed by atoms with Crippen molar-refractivity contribution in [1.82, 2.24) is 0 Å².